The Kier molecular flexibility index (Phi) is 3.64. The Labute approximate surface area is 102 Å². The van der Waals surface area contributed by atoms with Gasteiger partial charge in [-0.2, -0.15) is 5.10 Å². The van der Waals surface area contributed by atoms with Crippen LogP contribution < -0.4 is 5.32 Å². The first kappa shape index (κ1) is 11.9. The van der Waals surface area contributed by atoms with Crippen LogP contribution in [0.3, 0.4) is 0 Å². The van der Waals surface area contributed by atoms with Gasteiger partial charge >= 0.3 is 0 Å². The minimum atomic E-state index is 0.213. The lowest BCUT2D eigenvalue weighted by molar-refractivity contribution is 0.410. The molecule has 0 aliphatic heterocycles. The maximum atomic E-state index is 5.47. The highest BCUT2D eigenvalue weighted by Gasteiger charge is 2.16. The number of likely N-dealkylation sites (N-methyl/N-ethyl adjacent to an activating group) is 1. The van der Waals surface area contributed by atoms with Crippen LogP contribution in [0, 0.1) is 6.92 Å². The zero-order valence-electron chi connectivity index (χ0n) is 10.6. The zero-order chi connectivity index (χ0) is 12.3. The summed E-state index contributed by atoms with van der Waals surface area (Å²) < 4.78 is 7.41. The number of aromatic nitrogens is 2. The molecule has 1 N–H and O–H groups in total. The van der Waals surface area contributed by atoms with Gasteiger partial charge in [0.15, 0.2) is 0 Å². The summed E-state index contributed by atoms with van der Waals surface area (Å²) in [6.45, 7) is 5.03. The Morgan fingerprint density at radius 3 is 2.88 bits per heavy atom. The summed E-state index contributed by atoms with van der Waals surface area (Å²) >= 11 is 0. The van der Waals surface area contributed by atoms with Crippen LogP contribution in [0.4, 0.5) is 0 Å². The van der Waals surface area contributed by atoms with E-state index in [0.717, 1.165) is 24.4 Å². The Hall–Kier alpha value is -1.55. The maximum absolute atomic E-state index is 5.47. The predicted octanol–water partition coefficient (Wildman–Crippen LogP) is 2.21. The first-order chi connectivity index (χ1) is 8.20. The fraction of sp³-hybridized carbons (Fsp3) is 0.462. The topological polar surface area (TPSA) is 43.0 Å². The van der Waals surface area contributed by atoms with Crippen LogP contribution in [-0.4, -0.2) is 16.3 Å². The quantitative estimate of drug-likeness (QED) is 0.861. The summed E-state index contributed by atoms with van der Waals surface area (Å²) in [7, 11) is 1.98. The van der Waals surface area contributed by atoms with E-state index < -0.39 is 0 Å². The van der Waals surface area contributed by atoms with Crippen molar-refractivity contribution >= 4 is 0 Å². The third-order valence-electron chi connectivity index (χ3n) is 2.85. The van der Waals surface area contributed by atoms with Crippen molar-refractivity contribution < 1.29 is 4.42 Å². The second kappa shape index (κ2) is 5.19. The zero-order valence-corrected chi connectivity index (χ0v) is 10.6. The van der Waals surface area contributed by atoms with Crippen molar-refractivity contribution in [1.82, 2.24) is 15.1 Å². The van der Waals surface area contributed by atoms with Crippen molar-refractivity contribution in [3.05, 3.63) is 41.6 Å². The van der Waals surface area contributed by atoms with Crippen LogP contribution in [-0.2, 0) is 13.5 Å². The van der Waals surface area contributed by atoms with E-state index in [0.29, 0.717) is 0 Å². The van der Waals surface area contributed by atoms with Gasteiger partial charge in [-0.05, 0) is 31.7 Å². The second-order valence-electron chi connectivity index (χ2n) is 4.23. The van der Waals surface area contributed by atoms with Crippen LogP contribution >= 0.6 is 0 Å². The highest BCUT2D eigenvalue weighted by molar-refractivity contribution is 5.14. The van der Waals surface area contributed by atoms with Gasteiger partial charge in [0.05, 0.1) is 18.0 Å². The minimum absolute atomic E-state index is 0.213. The second-order valence-corrected chi connectivity index (χ2v) is 4.23. The largest absolute Gasteiger partial charge is 0.468 e. The van der Waals surface area contributed by atoms with E-state index in [1.165, 1.54) is 5.69 Å². The summed E-state index contributed by atoms with van der Waals surface area (Å²) in [5, 5.41) is 7.80. The van der Waals surface area contributed by atoms with Gasteiger partial charge in [0.2, 0.25) is 0 Å². The monoisotopic (exact) mass is 233 g/mol. The van der Waals surface area contributed by atoms with Crippen LogP contribution in [0.1, 0.15) is 30.1 Å². The summed E-state index contributed by atoms with van der Waals surface area (Å²) in [5.41, 5.74) is 2.27. The highest BCUT2D eigenvalue weighted by atomic mass is 16.3. The standard InChI is InChI=1S/C13H19N3O/c1-4-14-12(13-6-5-7-17-13)9-11-8-10(2)15-16(11)3/h5-8,12,14H,4,9H2,1-3H3. The number of nitrogens with one attached hydrogen (secondary N) is 1. The summed E-state index contributed by atoms with van der Waals surface area (Å²) in [6, 6.07) is 6.27. The van der Waals surface area contributed by atoms with Crippen molar-refractivity contribution in [2.75, 3.05) is 6.54 Å². The van der Waals surface area contributed by atoms with Gasteiger partial charge < -0.3 is 9.73 Å². The lowest BCUT2D eigenvalue weighted by Gasteiger charge is -2.15. The Bertz CT molecular complexity index is 459. The normalized spacial score (nSPS) is 12.9. The molecule has 0 radical (unpaired) electrons. The van der Waals surface area contributed by atoms with Crippen molar-refractivity contribution in [1.29, 1.82) is 0 Å². The summed E-state index contributed by atoms with van der Waals surface area (Å²) in [5.74, 6) is 0.978. The molecule has 2 aromatic rings. The number of nitrogens with zero attached hydrogens (tertiary/aromatic N) is 2. The molecule has 2 rings (SSSR count). The van der Waals surface area contributed by atoms with Gasteiger partial charge in [-0.15, -0.1) is 0 Å². The van der Waals surface area contributed by atoms with E-state index in [9.17, 15) is 0 Å². The van der Waals surface area contributed by atoms with Crippen LogP contribution in [0.2, 0.25) is 0 Å². The van der Waals surface area contributed by atoms with Crippen LogP contribution in [0.15, 0.2) is 28.9 Å². The molecule has 2 aromatic heterocycles. The molecular formula is C13H19N3O. The fourth-order valence-electron chi connectivity index (χ4n) is 2.07. The molecular weight excluding hydrogens is 214 g/mol. The lowest BCUT2D eigenvalue weighted by Crippen LogP contribution is -2.23. The van der Waals surface area contributed by atoms with Crippen LogP contribution in [0.5, 0.6) is 0 Å². The average molecular weight is 233 g/mol. The molecule has 4 heteroatoms. The smallest absolute Gasteiger partial charge is 0.121 e. The average Bonchev–Trinajstić information content (AvgIpc) is 2.88. The van der Waals surface area contributed by atoms with Gasteiger partial charge in [0.25, 0.3) is 0 Å². The number of furan rings is 1. The Morgan fingerprint density at radius 2 is 2.35 bits per heavy atom. The third kappa shape index (κ3) is 2.77. The number of hydrogen-bond acceptors (Lipinski definition) is 3. The maximum Gasteiger partial charge on any atom is 0.121 e. The molecule has 2 heterocycles. The molecule has 0 spiro atoms. The number of aryl methyl sites for hydroxylation is 2. The van der Waals surface area contributed by atoms with Crippen molar-refractivity contribution in [2.24, 2.45) is 7.05 Å². The molecule has 0 amide bonds. The van der Waals surface area contributed by atoms with E-state index in [4.69, 9.17) is 4.42 Å². The molecule has 0 saturated heterocycles. The van der Waals surface area contributed by atoms with E-state index >= 15 is 0 Å². The Balaban J connectivity index is 2.15. The van der Waals surface area contributed by atoms with E-state index in [1.807, 2.05) is 30.8 Å². The molecule has 92 valence electrons. The van der Waals surface area contributed by atoms with Crippen molar-refractivity contribution in [2.45, 2.75) is 26.3 Å². The molecule has 1 atom stereocenters. The number of rotatable bonds is 5. The van der Waals surface area contributed by atoms with E-state index in [2.05, 4.69) is 23.4 Å². The van der Waals surface area contributed by atoms with Crippen LogP contribution in [0.25, 0.3) is 0 Å². The number of hydrogen-bond donors (Lipinski definition) is 1. The molecule has 0 aromatic carbocycles. The third-order valence-corrected chi connectivity index (χ3v) is 2.85. The van der Waals surface area contributed by atoms with E-state index in [1.54, 1.807) is 6.26 Å². The van der Waals surface area contributed by atoms with Crippen molar-refractivity contribution in [3.63, 3.8) is 0 Å². The minimum Gasteiger partial charge on any atom is -0.468 e. The fourth-order valence-corrected chi connectivity index (χ4v) is 2.07. The first-order valence-electron chi connectivity index (χ1n) is 5.97. The molecule has 0 aliphatic carbocycles. The molecule has 1 unspecified atom stereocenters. The summed E-state index contributed by atoms with van der Waals surface area (Å²) in [4.78, 5) is 0. The predicted molar refractivity (Wildman–Crippen MR) is 66.8 cm³/mol. The molecule has 0 fully saturated rings. The molecule has 0 saturated carbocycles. The molecule has 4 nitrogen and oxygen atoms in total. The van der Waals surface area contributed by atoms with Crippen molar-refractivity contribution in [3.8, 4) is 0 Å². The molecule has 0 bridgehead atoms. The SMILES string of the molecule is CCNC(Cc1cc(C)nn1C)c1ccco1. The van der Waals surface area contributed by atoms with E-state index in [-0.39, 0.29) is 6.04 Å². The molecule has 17 heavy (non-hydrogen) atoms. The van der Waals surface area contributed by atoms with Gasteiger partial charge in [0.1, 0.15) is 5.76 Å². The lowest BCUT2D eigenvalue weighted by atomic mass is 10.1. The van der Waals surface area contributed by atoms with Gasteiger partial charge in [-0.1, -0.05) is 6.92 Å². The molecule has 0 aliphatic rings. The van der Waals surface area contributed by atoms with Gasteiger partial charge in [0, 0.05) is 19.2 Å². The Morgan fingerprint density at radius 1 is 1.53 bits per heavy atom. The van der Waals surface area contributed by atoms with Gasteiger partial charge in [-0.25, -0.2) is 0 Å². The van der Waals surface area contributed by atoms with Gasteiger partial charge in [-0.3, -0.25) is 4.68 Å². The first-order valence-corrected chi connectivity index (χ1v) is 5.97. The highest BCUT2D eigenvalue weighted by Crippen LogP contribution is 2.19. The summed E-state index contributed by atoms with van der Waals surface area (Å²) in [6.07, 6.45) is 2.60.